The van der Waals surface area contributed by atoms with Gasteiger partial charge in [0.05, 0.1) is 12.5 Å². The molecular weight excluding hydrogens is 272 g/mol. The Hall–Kier alpha value is -1.82. The maximum absolute atomic E-state index is 11.9. The van der Waals surface area contributed by atoms with Crippen molar-refractivity contribution in [2.24, 2.45) is 23.5 Å². The highest BCUT2D eigenvalue weighted by Crippen LogP contribution is 2.46. The van der Waals surface area contributed by atoms with Crippen LogP contribution >= 0.6 is 0 Å². The monoisotopic (exact) mass is 298 g/mol. The molecule has 3 nitrogen and oxygen atoms in total. The van der Waals surface area contributed by atoms with Crippen LogP contribution in [0.25, 0.3) is 0 Å². The SMILES string of the molecule is CC(C)C1CCC(C)(c2ccc(CC#N)cc2)CC1C(N)=O. The van der Waals surface area contributed by atoms with Crippen LogP contribution in [0.2, 0.25) is 0 Å². The van der Waals surface area contributed by atoms with Crippen LogP contribution in [-0.2, 0) is 16.6 Å². The van der Waals surface area contributed by atoms with Gasteiger partial charge in [0.15, 0.2) is 0 Å². The number of rotatable bonds is 4. The molecule has 2 rings (SSSR count). The number of hydrogen-bond donors (Lipinski definition) is 1. The molecular formula is C19H26N2O. The molecule has 1 aliphatic carbocycles. The predicted molar refractivity (Wildman–Crippen MR) is 88.0 cm³/mol. The fourth-order valence-corrected chi connectivity index (χ4v) is 3.91. The van der Waals surface area contributed by atoms with Crippen LogP contribution in [0.3, 0.4) is 0 Å². The third kappa shape index (κ3) is 3.32. The standard InChI is InChI=1S/C19H26N2O/c1-13(2)16-8-10-19(3,12-17(16)18(21)22)15-6-4-14(5-7-15)9-11-20/h4-7,13,16-17H,8-10,12H2,1-3H3,(H2,21,22). The third-order valence-electron chi connectivity index (χ3n) is 5.37. The van der Waals surface area contributed by atoms with E-state index < -0.39 is 0 Å². The summed E-state index contributed by atoms with van der Waals surface area (Å²) in [5.74, 6) is 0.673. The van der Waals surface area contributed by atoms with Crippen LogP contribution in [0.15, 0.2) is 24.3 Å². The van der Waals surface area contributed by atoms with Gasteiger partial charge in [0, 0.05) is 5.92 Å². The van der Waals surface area contributed by atoms with Gasteiger partial charge in [0.25, 0.3) is 0 Å². The van der Waals surface area contributed by atoms with Gasteiger partial charge in [0.1, 0.15) is 0 Å². The van der Waals surface area contributed by atoms with E-state index in [0.717, 1.165) is 24.8 Å². The van der Waals surface area contributed by atoms with E-state index >= 15 is 0 Å². The van der Waals surface area contributed by atoms with Gasteiger partial charge in [-0.25, -0.2) is 0 Å². The number of amides is 1. The summed E-state index contributed by atoms with van der Waals surface area (Å²) in [6.45, 7) is 6.60. The predicted octanol–water partition coefficient (Wildman–Crippen LogP) is 3.57. The van der Waals surface area contributed by atoms with E-state index in [0.29, 0.717) is 18.3 Å². The van der Waals surface area contributed by atoms with E-state index in [2.05, 4.69) is 39.0 Å². The number of primary amides is 1. The lowest BCUT2D eigenvalue weighted by molar-refractivity contribution is -0.126. The van der Waals surface area contributed by atoms with E-state index in [9.17, 15) is 4.79 Å². The van der Waals surface area contributed by atoms with Gasteiger partial charge in [0.2, 0.25) is 5.91 Å². The fourth-order valence-electron chi connectivity index (χ4n) is 3.91. The normalized spacial score (nSPS) is 28.3. The molecule has 2 N–H and O–H groups in total. The summed E-state index contributed by atoms with van der Waals surface area (Å²) in [6.07, 6.45) is 3.39. The second kappa shape index (κ2) is 6.52. The summed E-state index contributed by atoms with van der Waals surface area (Å²) < 4.78 is 0. The molecule has 0 radical (unpaired) electrons. The zero-order valence-corrected chi connectivity index (χ0v) is 13.8. The maximum Gasteiger partial charge on any atom is 0.220 e. The van der Waals surface area contributed by atoms with Gasteiger partial charge in [-0.1, -0.05) is 45.0 Å². The lowest BCUT2D eigenvalue weighted by Gasteiger charge is -2.43. The van der Waals surface area contributed by atoms with Gasteiger partial charge >= 0.3 is 0 Å². The molecule has 22 heavy (non-hydrogen) atoms. The number of benzene rings is 1. The molecule has 1 aromatic rings. The molecule has 3 atom stereocenters. The van der Waals surface area contributed by atoms with Crippen LogP contribution in [0.4, 0.5) is 0 Å². The molecule has 1 amide bonds. The van der Waals surface area contributed by atoms with Gasteiger partial charge in [-0.05, 0) is 47.6 Å². The molecule has 0 bridgehead atoms. The number of carbonyl (C=O) groups excluding carboxylic acids is 1. The zero-order chi connectivity index (χ0) is 16.3. The Morgan fingerprint density at radius 3 is 2.55 bits per heavy atom. The Labute approximate surface area is 133 Å². The van der Waals surface area contributed by atoms with Crippen LogP contribution < -0.4 is 5.73 Å². The van der Waals surface area contributed by atoms with Crippen molar-refractivity contribution in [3.05, 3.63) is 35.4 Å². The molecule has 3 unspecified atom stereocenters. The van der Waals surface area contributed by atoms with E-state index in [1.54, 1.807) is 0 Å². The topological polar surface area (TPSA) is 66.9 Å². The van der Waals surface area contributed by atoms with Crippen molar-refractivity contribution >= 4 is 5.91 Å². The van der Waals surface area contributed by atoms with E-state index in [-0.39, 0.29) is 17.2 Å². The van der Waals surface area contributed by atoms with Gasteiger partial charge in [-0.15, -0.1) is 0 Å². The molecule has 0 aliphatic heterocycles. The Balaban J connectivity index is 2.23. The molecule has 0 saturated heterocycles. The molecule has 3 heteroatoms. The minimum absolute atomic E-state index is 0.00371. The van der Waals surface area contributed by atoms with E-state index in [1.807, 2.05) is 12.1 Å². The van der Waals surface area contributed by atoms with Gasteiger partial charge in [-0.3, -0.25) is 4.79 Å². The smallest absolute Gasteiger partial charge is 0.220 e. The number of nitrogens with zero attached hydrogens (tertiary/aromatic N) is 1. The zero-order valence-electron chi connectivity index (χ0n) is 13.8. The summed E-state index contributed by atoms with van der Waals surface area (Å²) in [4.78, 5) is 11.9. The summed E-state index contributed by atoms with van der Waals surface area (Å²) >= 11 is 0. The summed E-state index contributed by atoms with van der Waals surface area (Å²) in [7, 11) is 0. The average Bonchev–Trinajstić information content (AvgIpc) is 2.47. The minimum Gasteiger partial charge on any atom is -0.369 e. The quantitative estimate of drug-likeness (QED) is 0.923. The second-order valence-electron chi connectivity index (χ2n) is 7.25. The number of hydrogen-bond acceptors (Lipinski definition) is 2. The summed E-state index contributed by atoms with van der Waals surface area (Å²) in [5.41, 5.74) is 7.97. The molecule has 0 spiro atoms. The highest BCUT2D eigenvalue weighted by atomic mass is 16.1. The maximum atomic E-state index is 11.9. The number of nitrogens with two attached hydrogens (primary N) is 1. The Morgan fingerprint density at radius 2 is 2.05 bits per heavy atom. The Bertz CT molecular complexity index is 570. The third-order valence-corrected chi connectivity index (χ3v) is 5.37. The van der Waals surface area contributed by atoms with Crippen molar-refractivity contribution in [3.63, 3.8) is 0 Å². The van der Waals surface area contributed by atoms with Crippen molar-refractivity contribution < 1.29 is 4.79 Å². The van der Waals surface area contributed by atoms with Crippen molar-refractivity contribution in [1.82, 2.24) is 0 Å². The Morgan fingerprint density at radius 1 is 1.41 bits per heavy atom. The van der Waals surface area contributed by atoms with E-state index in [4.69, 9.17) is 11.0 Å². The highest BCUT2D eigenvalue weighted by Gasteiger charge is 2.42. The van der Waals surface area contributed by atoms with Gasteiger partial charge in [-0.2, -0.15) is 5.26 Å². The molecule has 0 aromatic heterocycles. The molecule has 1 fully saturated rings. The Kier molecular flexibility index (Phi) is 4.90. The number of nitriles is 1. The van der Waals surface area contributed by atoms with Crippen molar-refractivity contribution in [2.75, 3.05) is 0 Å². The lowest BCUT2D eigenvalue weighted by Crippen LogP contribution is -2.43. The summed E-state index contributed by atoms with van der Waals surface area (Å²) in [5, 5.41) is 8.76. The first-order chi connectivity index (χ1) is 10.4. The first-order valence-corrected chi connectivity index (χ1v) is 8.13. The molecule has 1 aliphatic rings. The van der Waals surface area contributed by atoms with Crippen LogP contribution in [-0.4, -0.2) is 5.91 Å². The second-order valence-corrected chi connectivity index (χ2v) is 7.25. The first-order valence-electron chi connectivity index (χ1n) is 8.13. The number of carbonyl (C=O) groups is 1. The summed E-state index contributed by atoms with van der Waals surface area (Å²) in [6, 6.07) is 10.4. The highest BCUT2D eigenvalue weighted by molar-refractivity contribution is 5.77. The first kappa shape index (κ1) is 16.5. The molecule has 1 aromatic carbocycles. The van der Waals surface area contributed by atoms with Crippen LogP contribution in [0.1, 0.15) is 51.2 Å². The molecule has 1 saturated carbocycles. The molecule has 0 heterocycles. The largest absolute Gasteiger partial charge is 0.369 e. The van der Waals surface area contributed by atoms with E-state index in [1.165, 1.54) is 5.56 Å². The minimum atomic E-state index is -0.161. The molecule has 118 valence electrons. The van der Waals surface area contributed by atoms with Crippen molar-refractivity contribution in [1.29, 1.82) is 5.26 Å². The van der Waals surface area contributed by atoms with Crippen LogP contribution in [0, 0.1) is 29.1 Å². The van der Waals surface area contributed by atoms with Crippen LogP contribution in [0.5, 0.6) is 0 Å². The van der Waals surface area contributed by atoms with Crippen molar-refractivity contribution in [3.8, 4) is 6.07 Å². The fraction of sp³-hybridized carbons (Fsp3) is 0.579. The van der Waals surface area contributed by atoms with Crippen molar-refractivity contribution in [2.45, 2.75) is 51.9 Å². The van der Waals surface area contributed by atoms with Gasteiger partial charge < -0.3 is 5.73 Å². The lowest BCUT2D eigenvalue weighted by atomic mass is 9.61. The average molecular weight is 298 g/mol.